The number of rotatable bonds is 0. The highest BCUT2D eigenvalue weighted by molar-refractivity contribution is 7.28. The Balaban J connectivity index is 3.30. The molecule has 0 aromatic carbocycles. The summed E-state index contributed by atoms with van der Waals surface area (Å²) in [5, 5.41) is 0. The van der Waals surface area contributed by atoms with Gasteiger partial charge in [-0.25, -0.2) is 0 Å². The summed E-state index contributed by atoms with van der Waals surface area (Å²) in [7, 11) is -2.88. The molecule has 0 saturated carbocycles. The molecule has 0 N–H and O–H groups in total. The Bertz CT molecular complexity index is 294. The molecule has 0 atom stereocenters. The summed E-state index contributed by atoms with van der Waals surface area (Å²) in [6.45, 7) is 14.3. The van der Waals surface area contributed by atoms with Gasteiger partial charge in [-0.2, -0.15) is 0 Å². The van der Waals surface area contributed by atoms with Crippen LogP contribution in [0.15, 0.2) is 0 Å². The van der Waals surface area contributed by atoms with Gasteiger partial charge >= 0.3 is 7.71 Å². The third kappa shape index (κ3) is 2.97. The molecule has 0 aliphatic carbocycles. The average Bonchev–Trinajstić information content (AvgIpc) is 2.40. The minimum absolute atomic E-state index is 0.113. The summed E-state index contributed by atoms with van der Waals surface area (Å²) < 4.78 is 2.94. The van der Waals surface area contributed by atoms with Crippen molar-refractivity contribution >= 4 is 53.6 Å². The summed E-state index contributed by atoms with van der Waals surface area (Å²) in [5.41, 5.74) is -0.226. The molecule has 1 aliphatic rings. The molecule has 0 radical (unpaired) electrons. The lowest BCUT2D eigenvalue weighted by molar-refractivity contribution is 0.259. The van der Waals surface area contributed by atoms with Gasteiger partial charge in [0.15, 0.2) is 0 Å². The first-order chi connectivity index (χ1) is 7.72. The maximum absolute atomic E-state index is 6.94. The van der Waals surface area contributed by atoms with Crippen LogP contribution in [0.25, 0.3) is 0 Å². The first kappa shape index (κ1) is 17.3. The molecule has 0 bridgehead atoms. The molecule has 1 saturated heterocycles. The number of alkyl halides is 3. The summed E-state index contributed by atoms with van der Waals surface area (Å²) in [5.74, 6) is 0. The predicted octanol–water partition coefficient (Wildman–Crippen LogP) is 4.29. The molecule has 108 valence electrons. The summed E-state index contributed by atoms with van der Waals surface area (Å²) in [6, 6.07) is 0. The monoisotopic (exact) mass is 350 g/mol. The van der Waals surface area contributed by atoms with Gasteiger partial charge in [0.1, 0.15) is 0 Å². The normalized spacial score (nSPS) is 23.7. The minimum atomic E-state index is -2.88. The van der Waals surface area contributed by atoms with Gasteiger partial charge in [0.05, 0.1) is 0 Å². The van der Waals surface area contributed by atoms with Crippen molar-refractivity contribution < 1.29 is 0 Å². The van der Waals surface area contributed by atoms with E-state index in [1.165, 1.54) is 0 Å². The van der Waals surface area contributed by atoms with Gasteiger partial charge in [0.2, 0.25) is 3.42 Å². The van der Waals surface area contributed by atoms with E-state index >= 15 is 0 Å². The van der Waals surface area contributed by atoms with Crippen LogP contribution in [0.5, 0.6) is 0 Å². The van der Waals surface area contributed by atoms with E-state index in [-0.39, 0.29) is 11.1 Å². The fourth-order valence-electron chi connectivity index (χ4n) is 2.51. The standard InChI is InChI=1S/C11H22Cl4N2Si/c1-9(2,3)16-7-8-17(10(4,5)6)18(16,15)11(12,13)14/h7-8H2,1-6H3. The Morgan fingerprint density at radius 1 is 0.778 bits per heavy atom. The van der Waals surface area contributed by atoms with Crippen molar-refractivity contribution in [2.75, 3.05) is 13.1 Å². The van der Waals surface area contributed by atoms with Crippen molar-refractivity contribution in [3.63, 3.8) is 0 Å². The fraction of sp³-hybridized carbons (Fsp3) is 1.00. The van der Waals surface area contributed by atoms with E-state index in [1.54, 1.807) is 0 Å². The Labute approximate surface area is 131 Å². The number of halogens is 4. The van der Waals surface area contributed by atoms with E-state index in [0.717, 1.165) is 13.1 Å². The van der Waals surface area contributed by atoms with Crippen molar-refractivity contribution in [3.05, 3.63) is 0 Å². The third-order valence-corrected chi connectivity index (χ3v) is 12.5. The molecule has 0 aromatic rings. The molecular formula is C11H22Cl4N2Si. The van der Waals surface area contributed by atoms with E-state index in [1.807, 2.05) is 0 Å². The van der Waals surface area contributed by atoms with Crippen molar-refractivity contribution in [2.45, 2.75) is 56.0 Å². The minimum Gasteiger partial charge on any atom is -0.291 e. The van der Waals surface area contributed by atoms with Gasteiger partial charge in [0, 0.05) is 24.2 Å². The fourth-order valence-corrected chi connectivity index (χ4v) is 9.85. The van der Waals surface area contributed by atoms with Crippen LogP contribution in [-0.4, -0.2) is 44.4 Å². The summed E-state index contributed by atoms with van der Waals surface area (Å²) in [4.78, 5) is 0. The Morgan fingerprint density at radius 3 is 1.22 bits per heavy atom. The van der Waals surface area contributed by atoms with Gasteiger partial charge < -0.3 is 0 Å². The highest BCUT2D eigenvalue weighted by Gasteiger charge is 2.66. The lowest BCUT2D eigenvalue weighted by atomic mass is 10.1. The van der Waals surface area contributed by atoms with E-state index in [0.29, 0.717) is 0 Å². The third-order valence-electron chi connectivity index (χ3n) is 3.24. The SMILES string of the molecule is CC(C)(C)N1CCN(C(C)(C)C)[Si]1(Cl)C(Cl)(Cl)Cl. The second-order valence-electron chi connectivity index (χ2n) is 6.73. The highest BCUT2D eigenvalue weighted by Crippen LogP contribution is 2.50. The molecule has 1 fully saturated rings. The summed E-state index contributed by atoms with van der Waals surface area (Å²) >= 11 is 25.7. The van der Waals surface area contributed by atoms with Crippen LogP contribution in [0.4, 0.5) is 0 Å². The molecule has 0 spiro atoms. The van der Waals surface area contributed by atoms with Crippen LogP contribution in [0.2, 0.25) is 0 Å². The van der Waals surface area contributed by atoms with Crippen molar-refractivity contribution in [1.29, 1.82) is 0 Å². The second kappa shape index (κ2) is 4.94. The number of hydrogen-bond donors (Lipinski definition) is 0. The molecule has 1 heterocycles. The quantitative estimate of drug-likeness (QED) is 0.365. The van der Waals surface area contributed by atoms with Crippen LogP contribution in [-0.2, 0) is 0 Å². The van der Waals surface area contributed by atoms with E-state index in [4.69, 9.17) is 45.9 Å². The zero-order chi connectivity index (χ0) is 14.6. The Hall–Kier alpha value is 1.30. The Morgan fingerprint density at radius 2 is 1.06 bits per heavy atom. The van der Waals surface area contributed by atoms with Gasteiger partial charge in [-0.3, -0.25) is 9.13 Å². The van der Waals surface area contributed by atoms with Crippen molar-refractivity contribution in [1.82, 2.24) is 9.13 Å². The Kier molecular flexibility index (Phi) is 4.76. The molecule has 1 aliphatic heterocycles. The first-order valence-corrected chi connectivity index (χ1v) is 10.1. The van der Waals surface area contributed by atoms with Crippen molar-refractivity contribution in [2.24, 2.45) is 0 Å². The largest absolute Gasteiger partial charge is 0.361 e. The van der Waals surface area contributed by atoms with E-state index < -0.39 is 11.1 Å². The molecule has 7 heteroatoms. The van der Waals surface area contributed by atoms with Crippen molar-refractivity contribution in [3.8, 4) is 0 Å². The lowest BCUT2D eigenvalue weighted by Gasteiger charge is -2.49. The molecular weight excluding hydrogens is 330 g/mol. The van der Waals surface area contributed by atoms with Crippen LogP contribution < -0.4 is 0 Å². The molecule has 0 amide bonds. The molecule has 0 aromatic heterocycles. The van der Waals surface area contributed by atoms with Crippen LogP contribution in [0.3, 0.4) is 0 Å². The number of nitrogens with zero attached hydrogens (tertiary/aromatic N) is 2. The topological polar surface area (TPSA) is 6.48 Å². The lowest BCUT2D eigenvalue weighted by Crippen LogP contribution is -2.71. The van der Waals surface area contributed by atoms with Gasteiger partial charge in [0.25, 0.3) is 0 Å². The maximum atomic E-state index is 6.94. The first-order valence-electron chi connectivity index (χ1n) is 6.03. The van der Waals surface area contributed by atoms with Gasteiger partial charge in [-0.1, -0.05) is 34.8 Å². The van der Waals surface area contributed by atoms with Crippen LogP contribution in [0, 0.1) is 0 Å². The summed E-state index contributed by atoms with van der Waals surface area (Å²) in [6.07, 6.45) is 0. The maximum Gasteiger partial charge on any atom is 0.361 e. The second-order valence-corrected chi connectivity index (χ2v) is 14.5. The van der Waals surface area contributed by atoms with Gasteiger partial charge in [-0.05, 0) is 41.5 Å². The zero-order valence-corrected chi connectivity index (χ0v) is 15.8. The number of hydrogen-bond acceptors (Lipinski definition) is 2. The van der Waals surface area contributed by atoms with E-state index in [9.17, 15) is 0 Å². The van der Waals surface area contributed by atoms with E-state index in [2.05, 4.69) is 50.7 Å². The van der Waals surface area contributed by atoms with Crippen LogP contribution >= 0.6 is 45.9 Å². The zero-order valence-electron chi connectivity index (χ0n) is 11.8. The predicted molar refractivity (Wildman–Crippen MR) is 84.8 cm³/mol. The van der Waals surface area contributed by atoms with Gasteiger partial charge in [-0.15, -0.1) is 11.1 Å². The molecule has 2 nitrogen and oxygen atoms in total. The smallest absolute Gasteiger partial charge is 0.291 e. The molecule has 0 unspecified atom stereocenters. The van der Waals surface area contributed by atoms with Crippen LogP contribution in [0.1, 0.15) is 41.5 Å². The molecule has 18 heavy (non-hydrogen) atoms. The average molecular weight is 352 g/mol. The molecule has 1 rings (SSSR count). The highest BCUT2D eigenvalue weighted by atomic mass is 35.6.